The SMILES string of the molecule is CCOC(CN)c1cc(Br)c(Cl)s1. The number of hydrogen-bond acceptors (Lipinski definition) is 3. The van der Waals surface area contributed by atoms with E-state index < -0.39 is 0 Å². The highest BCUT2D eigenvalue weighted by molar-refractivity contribution is 9.10. The van der Waals surface area contributed by atoms with Gasteiger partial charge < -0.3 is 10.5 Å². The van der Waals surface area contributed by atoms with Crippen molar-refractivity contribution in [2.75, 3.05) is 13.2 Å². The number of hydrogen-bond donors (Lipinski definition) is 1. The smallest absolute Gasteiger partial charge is 0.107 e. The molecule has 2 N–H and O–H groups in total. The van der Waals surface area contributed by atoms with Crippen LogP contribution in [0.15, 0.2) is 10.5 Å². The van der Waals surface area contributed by atoms with Crippen LogP contribution in [0.3, 0.4) is 0 Å². The molecule has 0 aliphatic heterocycles. The fourth-order valence-electron chi connectivity index (χ4n) is 0.990. The average Bonchev–Trinajstić information content (AvgIpc) is 2.43. The van der Waals surface area contributed by atoms with E-state index >= 15 is 0 Å². The summed E-state index contributed by atoms with van der Waals surface area (Å²) in [5.74, 6) is 0. The minimum absolute atomic E-state index is 0.0289. The van der Waals surface area contributed by atoms with Crippen molar-refractivity contribution in [3.63, 3.8) is 0 Å². The lowest BCUT2D eigenvalue weighted by Crippen LogP contribution is -2.14. The summed E-state index contributed by atoms with van der Waals surface area (Å²) < 4.78 is 7.10. The molecular weight excluding hydrogens is 274 g/mol. The summed E-state index contributed by atoms with van der Waals surface area (Å²) in [6, 6.07) is 1.96. The minimum Gasteiger partial charge on any atom is -0.372 e. The first-order valence-electron chi connectivity index (χ1n) is 3.95. The van der Waals surface area contributed by atoms with Crippen molar-refractivity contribution in [2.45, 2.75) is 13.0 Å². The zero-order chi connectivity index (χ0) is 9.84. The fourth-order valence-corrected chi connectivity index (χ4v) is 2.79. The molecule has 13 heavy (non-hydrogen) atoms. The van der Waals surface area contributed by atoms with Gasteiger partial charge in [0.15, 0.2) is 0 Å². The van der Waals surface area contributed by atoms with Crippen LogP contribution in [0, 0.1) is 0 Å². The van der Waals surface area contributed by atoms with Gasteiger partial charge in [-0.15, -0.1) is 11.3 Å². The Morgan fingerprint density at radius 1 is 1.77 bits per heavy atom. The molecule has 0 aliphatic rings. The van der Waals surface area contributed by atoms with Gasteiger partial charge in [0.2, 0.25) is 0 Å². The topological polar surface area (TPSA) is 35.2 Å². The van der Waals surface area contributed by atoms with Gasteiger partial charge in [-0.1, -0.05) is 11.6 Å². The number of rotatable bonds is 4. The summed E-state index contributed by atoms with van der Waals surface area (Å²) in [4.78, 5) is 1.07. The van der Waals surface area contributed by atoms with Crippen LogP contribution in [0.5, 0.6) is 0 Å². The Morgan fingerprint density at radius 2 is 2.46 bits per heavy atom. The molecule has 5 heteroatoms. The summed E-state index contributed by atoms with van der Waals surface area (Å²) in [6.45, 7) is 3.10. The summed E-state index contributed by atoms with van der Waals surface area (Å²) in [7, 11) is 0. The molecule has 1 atom stereocenters. The highest BCUT2D eigenvalue weighted by atomic mass is 79.9. The van der Waals surface area contributed by atoms with Crippen LogP contribution in [0.4, 0.5) is 0 Å². The first kappa shape index (κ1) is 11.5. The van der Waals surface area contributed by atoms with Crippen LogP contribution in [-0.2, 0) is 4.74 Å². The highest BCUT2D eigenvalue weighted by Crippen LogP contribution is 2.35. The molecule has 0 spiro atoms. The largest absolute Gasteiger partial charge is 0.372 e. The predicted molar refractivity (Wildman–Crippen MR) is 60.5 cm³/mol. The third kappa shape index (κ3) is 2.92. The third-order valence-electron chi connectivity index (χ3n) is 1.56. The van der Waals surface area contributed by atoms with Crippen molar-refractivity contribution < 1.29 is 4.74 Å². The lowest BCUT2D eigenvalue weighted by atomic mass is 10.3. The van der Waals surface area contributed by atoms with Gasteiger partial charge in [0, 0.05) is 22.5 Å². The predicted octanol–water partition coefficient (Wildman–Crippen LogP) is 3.20. The molecule has 74 valence electrons. The molecule has 0 aromatic carbocycles. The van der Waals surface area contributed by atoms with Gasteiger partial charge in [0.1, 0.15) is 10.4 Å². The van der Waals surface area contributed by atoms with Crippen molar-refractivity contribution >= 4 is 38.9 Å². The van der Waals surface area contributed by atoms with Gasteiger partial charge in [-0.25, -0.2) is 0 Å². The van der Waals surface area contributed by atoms with E-state index in [1.165, 1.54) is 11.3 Å². The van der Waals surface area contributed by atoms with Crippen LogP contribution in [0.1, 0.15) is 17.9 Å². The molecule has 0 aliphatic carbocycles. The molecule has 1 unspecified atom stereocenters. The van der Waals surface area contributed by atoms with Gasteiger partial charge in [-0.05, 0) is 28.9 Å². The van der Waals surface area contributed by atoms with E-state index in [2.05, 4.69) is 15.9 Å². The second kappa shape index (κ2) is 5.32. The summed E-state index contributed by atoms with van der Waals surface area (Å²) >= 11 is 10.8. The Labute approximate surface area is 95.2 Å². The molecule has 0 bridgehead atoms. The first-order valence-corrected chi connectivity index (χ1v) is 5.94. The summed E-state index contributed by atoms with van der Waals surface area (Å²) in [5, 5.41) is 0. The maximum absolute atomic E-state index is 5.91. The number of thiophene rings is 1. The van der Waals surface area contributed by atoms with Crippen LogP contribution >= 0.6 is 38.9 Å². The maximum atomic E-state index is 5.91. The standard InChI is InChI=1S/C8H11BrClNOS/c1-2-12-6(4-11)7-3-5(9)8(10)13-7/h3,6H,2,4,11H2,1H3. The molecule has 0 amide bonds. The van der Waals surface area contributed by atoms with Crippen LogP contribution in [-0.4, -0.2) is 13.2 Å². The molecule has 1 aromatic rings. The molecule has 2 nitrogen and oxygen atoms in total. The van der Waals surface area contributed by atoms with E-state index in [0.29, 0.717) is 13.2 Å². The van der Waals surface area contributed by atoms with E-state index in [9.17, 15) is 0 Å². The maximum Gasteiger partial charge on any atom is 0.107 e. The van der Waals surface area contributed by atoms with Crippen LogP contribution < -0.4 is 5.73 Å². The molecule has 0 radical (unpaired) electrons. The fraction of sp³-hybridized carbons (Fsp3) is 0.500. The van der Waals surface area contributed by atoms with E-state index in [4.69, 9.17) is 22.1 Å². The van der Waals surface area contributed by atoms with E-state index in [-0.39, 0.29) is 6.10 Å². The zero-order valence-corrected chi connectivity index (χ0v) is 10.4. The normalized spacial score (nSPS) is 13.2. The number of nitrogens with two attached hydrogens (primary N) is 1. The van der Waals surface area contributed by atoms with Gasteiger partial charge in [0.25, 0.3) is 0 Å². The first-order chi connectivity index (χ1) is 6.19. The van der Waals surface area contributed by atoms with Crippen molar-refractivity contribution in [3.8, 4) is 0 Å². The zero-order valence-electron chi connectivity index (χ0n) is 7.22. The Morgan fingerprint density at radius 3 is 2.85 bits per heavy atom. The van der Waals surface area contributed by atoms with Crippen molar-refractivity contribution in [3.05, 3.63) is 19.8 Å². The van der Waals surface area contributed by atoms with Crippen LogP contribution in [0.2, 0.25) is 4.34 Å². The molecular formula is C8H11BrClNOS. The minimum atomic E-state index is -0.0289. The monoisotopic (exact) mass is 283 g/mol. The average molecular weight is 285 g/mol. The Hall–Kier alpha value is 0.390. The Balaban J connectivity index is 2.78. The second-order valence-electron chi connectivity index (χ2n) is 2.45. The van der Waals surface area contributed by atoms with E-state index in [0.717, 1.165) is 13.7 Å². The van der Waals surface area contributed by atoms with Gasteiger partial charge in [0.05, 0.1) is 0 Å². The molecule has 1 aromatic heterocycles. The lowest BCUT2D eigenvalue weighted by molar-refractivity contribution is 0.0713. The quantitative estimate of drug-likeness (QED) is 0.921. The van der Waals surface area contributed by atoms with E-state index in [1.807, 2.05) is 13.0 Å². The summed E-state index contributed by atoms with van der Waals surface area (Å²) in [5.41, 5.74) is 5.57. The molecule has 0 saturated heterocycles. The molecule has 0 fully saturated rings. The van der Waals surface area contributed by atoms with Crippen molar-refractivity contribution in [1.29, 1.82) is 0 Å². The highest BCUT2D eigenvalue weighted by Gasteiger charge is 2.14. The Kier molecular flexibility index (Phi) is 4.69. The van der Waals surface area contributed by atoms with Crippen molar-refractivity contribution in [1.82, 2.24) is 0 Å². The number of ether oxygens (including phenoxy) is 1. The second-order valence-corrected chi connectivity index (χ2v) is 4.99. The Bertz CT molecular complexity index is 260. The number of halogens is 2. The molecule has 1 heterocycles. The van der Waals surface area contributed by atoms with Gasteiger partial charge in [-0.3, -0.25) is 0 Å². The molecule has 0 saturated carbocycles. The summed E-state index contributed by atoms with van der Waals surface area (Å²) in [6.07, 6.45) is -0.0289. The van der Waals surface area contributed by atoms with Crippen LogP contribution in [0.25, 0.3) is 0 Å². The van der Waals surface area contributed by atoms with Gasteiger partial charge >= 0.3 is 0 Å². The molecule has 1 rings (SSSR count). The lowest BCUT2D eigenvalue weighted by Gasteiger charge is -2.11. The van der Waals surface area contributed by atoms with Crippen molar-refractivity contribution in [2.24, 2.45) is 5.73 Å². The van der Waals surface area contributed by atoms with E-state index in [1.54, 1.807) is 0 Å². The third-order valence-corrected chi connectivity index (χ3v) is 4.13. The van der Waals surface area contributed by atoms with Gasteiger partial charge in [-0.2, -0.15) is 0 Å².